The highest BCUT2D eigenvalue weighted by Gasteiger charge is 2.46. The SMILES string of the molecule is CC(C)(C)OC(=O)N1CCC2C(C1)c1cc(-c3ccccc3F)cc3c1N2CC3. The lowest BCUT2D eigenvalue weighted by atomic mass is 9.86. The molecule has 0 saturated carbocycles. The van der Waals surface area contributed by atoms with Gasteiger partial charge in [-0.15, -0.1) is 0 Å². The van der Waals surface area contributed by atoms with Gasteiger partial charge in [0.1, 0.15) is 11.4 Å². The Morgan fingerprint density at radius 1 is 1.17 bits per heavy atom. The van der Waals surface area contributed by atoms with Crippen LogP contribution < -0.4 is 4.90 Å². The number of carbonyl (C=O) groups is 1. The molecule has 3 aliphatic rings. The first-order valence-electron chi connectivity index (χ1n) is 10.5. The fourth-order valence-electron chi connectivity index (χ4n) is 5.19. The molecular formula is C24H27FN2O2. The fraction of sp³-hybridized carbons (Fsp3) is 0.458. The zero-order valence-corrected chi connectivity index (χ0v) is 17.2. The van der Waals surface area contributed by atoms with Gasteiger partial charge in [0, 0.05) is 42.8 Å². The van der Waals surface area contributed by atoms with E-state index in [0.29, 0.717) is 18.2 Å². The molecule has 1 fully saturated rings. The van der Waals surface area contributed by atoms with Crippen LogP contribution in [0.25, 0.3) is 11.1 Å². The third-order valence-corrected chi connectivity index (χ3v) is 6.34. The Labute approximate surface area is 171 Å². The third-order valence-electron chi connectivity index (χ3n) is 6.34. The van der Waals surface area contributed by atoms with Crippen LogP contribution in [0.1, 0.15) is 44.2 Å². The largest absolute Gasteiger partial charge is 0.444 e. The van der Waals surface area contributed by atoms with Gasteiger partial charge >= 0.3 is 6.09 Å². The summed E-state index contributed by atoms with van der Waals surface area (Å²) in [6.07, 6.45) is 1.70. The van der Waals surface area contributed by atoms with Crippen LogP contribution in [0.5, 0.6) is 0 Å². The standard InChI is InChI=1S/C24H27FN2O2/c1-24(2,3)29-23(28)26-10-9-21-19(14-26)18-13-16(17-6-4-5-7-20(17)25)12-15-8-11-27(21)22(15)18/h4-7,12-13,19,21H,8-11,14H2,1-3H3. The first-order valence-corrected chi connectivity index (χ1v) is 10.5. The molecule has 2 atom stereocenters. The maximum Gasteiger partial charge on any atom is 0.410 e. The van der Waals surface area contributed by atoms with Crippen LogP contribution in [0, 0.1) is 5.82 Å². The third kappa shape index (κ3) is 3.07. The molecule has 2 aromatic carbocycles. The number of hydrogen-bond donors (Lipinski definition) is 0. The van der Waals surface area contributed by atoms with Crippen LogP contribution in [0.4, 0.5) is 14.9 Å². The number of halogens is 1. The summed E-state index contributed by atoms with van der Waals surface area (Å²) < 4.78 is 20.1. The predicted octanol–water partition coefficient (Wildman–Crippen LogP) is 4.96. The Balaban J connectivity index is 1.50. The first kappa shape index (κ1) is 18.5. The maximum absolute atomic E-state index is 14.5. The molecule has 3 aliphatic heterocycles. The fourth-order valence-corrected chi connectivity index (χ4v) is 5.19. The Bertz CT molecular complexity index is 981. The molecule has 5 heteroatoms. The zero-order chi connectivity index (χ0) is 20.3. The highest BCUT2D eigenvalue weighted by Crippen LogP contribution is 2.51. The number of rotatable bonds is 1. The molecule has 1 saturated heterocycles. The van der Waals surface area contributed by atoms with Crippen molar-refractivity contribution in [3.8, 4) is 11.1 Å². The van der Waals surface area contributed by atoms with Crippen LogP contribution >= 0.6 is 0 Å². The average molecular weight is 394 g/mol. The highest BCUT2D eigenvalue weighted by atomic mass is 19.1. The van der Waals surface area contributed by atoms with Gasteiger partial charge in [-0.25, -0.2) is 9.18 Å². The van der Waals surface area contributed by atoms with Gasteiger partial charge in [-0.2, -0.15) is 0 Å². The smallest absolute Gasteiger partial charge is 0.410 e. The molecule has 2 aromatic rings. The summed E-state index contributed by atoms with van der Waals surface area (Å²) in [5.74, 6) is 0.0557. The maximum atomic E-state index is 14.5. The van der Waals surface area contributed by atoms with E-state index in [9.17, 15) is 9.18 Å². The van der Waals surface area contributed by atoms with E-state index >= 15 is 0 Å². The summed E-state index contributed by atoms with van der Waals surface area (Å²) in [4.78, 5) is 17.0. The summed E-state index contributed by atoms with van der Waals surface area (Å²) in [6, 6.07) is 11.7. The molecule has 0 spiro atoms. The van der Waals surface area contributed by atoms with Crippen LogP contribution in [-0.2, 0) is 11.2 Å². The van der Waals surface area contributed by atoms with E-state index in [1.807, 2.05) is 37.8 Å². The average Bonchev–Trinajstić information content (AvgIpc) is 3.23. The number of hydrogen-bond acceptors (Lipinski definition) is 3. The Morgan fingerprint density at radius 2 is 1.97 bits per heavy atom. The minimum absolute atomic E-state index is 0.192. The molecule has 0 aromatic heterocycles. The highest BCUT2D eigenvalue weighted by molar-refractivity contribution is 5.78. The zero-order valence-electron chi connectivity index (χ0n) is 17.2. The van der Waals surface area contributed by atoms with Gasteiger partial charge in [-0.1, -0.05) is 18.2 Å². The second-order valence-electron chi connectivity index (χ2n) is 9.39. The Kier molecular flexibility index (Phi) is 4.12. The first-order chi connectivity index (χ1) is 13.8. The Hall–Kier alpha value is -2.56. The minimum Gasteiger partial charge on any atom is -0.444 e. The van der Waals surface area contributed by atoms with Gasteiger partial charge in [-0.05, 0) is 68.5 Å². The van der Waals surface area contributed by atoms with E-state index in [2.05, 4.69) is 17.0 Å². The van der Waals surface area contributed by atoms with E-state index in [1.54, 1.807) is 6.07 Å². The van der Waals surface area contributed by atoms with Gasteiger partial charge in [0.2, 0.25) is 0 Å². The van der Waals surface area contributed by atoms with E-state index in [4.69, 9.17) is 4.74 Å². The number of nitrogens with zero attached hydrogens (tertiary/aromatic N) is 2. The van der Waals surface area contributed by atoms with E-state index < -0.39 is 5.60 Å². The number of fused-ring (bicyclic) bond motifs is 3. The summed E-state index contributed by atoms with van der Waals surface area (Å²) >= 11 is 0. The molecule has 0 aliphatic carbocycles. The second-order valence-corrected chi connectivity index (χ2v) is 9.39. The second kappa shape index (κ2) is 6.48. The number of piperidine rings is 1. The predicted molar refractivity (Wildman–Crippen MR) is 112 cm³/mol. The summed E-state index contributed by atoms with van der Waals surface area (Å²) in [7, 11) is 0. The molecular weight excluding hydrogens is 367 g/mol. The minimum atomic E-state index is -0.496. The van der Waals surface area contributed by atoms with E-state index in [1.165, 1.54) is 22.9 Å². The van der Waals surface area contributed by atoms with Crippen molar-refractivity contribution in [1.29, 1.82) is 0 Å². The van der Waals surface area contributed by atoms with Gasteiger partial charge in [0.15, 0.2) is 0 Å². The lowest BCUT2D eigenvalue weighted by molar-refractivity contribution is 0.0189. The molecule has 1 amide bonds. The number of carbonyl (C=O) groups excluding carboxylic acids is 1. The van der Waals surface area contributed by atoms with Gasteiger partial charge in [0.05, 0.1) is 0 Å². The normalized spacial score (nSPS) is 22.5. The number of benzene rings is 2. The number of anilines is 1. The molecule has 29 heavy (non-hydrogen) atoms. The molecule has 3 heterocycles. The van der Waals surface area contributed by atoms with Crippen molar-refractivity contribution >= 4 is 11.8 Å². The van der Waals surface area contributed by atoms with Crippen molar-refractivity contribution in [2.45, 2.75) is 51.2 Å². The quantitative estimate of drug-likeness (QED) is 0.685. The molecule has 2 unspecified atom stereocenters. The van der Waals surface area contributed by atoms with E-state index in [0.717, 1.165) is 31.5 Å². The van der Waals surface area contributed by atoms with Crippen LogP contribution in [0.15, 0.2) is 36.4 Å². The summed E-state index contributed by atoms with van der Waals surface area (Å²) in [5, 5.41) is 0. The van der Waals surface area contributed by atoms with Crippen molar-refractivity contribution < 1.29 is 13.9 Å². The van der Waals surface area contributed by atoms with Crippen molar-refractivity contribution in [3.63, 3.8) is 0 Å². The van der Waals surface area contributed by atoms with Crippen molar-refractivity contribution in [2.24, 2.45) is 0 Å². The molecule has 0 radical (unpaired) electrons. The van der Waals surface area contributed by atoms with Gasteiger partial charge in [0.25, 0.3) is 0 Å². The van der Waals surface area contributed by atoms with Crippen LogP contribution in [0.3, 0.4) is 0 Å². The van der Waals surface area contributed by atoms with E-state index in [-0.39, 0.29) is 17.8 Å². The topological polar surface area (TPSA) is 32.8 Å². The molecule has 5 rings (SSSR count). The van der Waals surface area contributed by atoms with Crippen molar-refractivity contribution in [2.75, 3.05) is 24.5 Å². The summed E-state index contributed by atoms with van der Waals surface area (Å²) in [5.41, 5.74) is 4.98. The lowest BCUT2D eigenvalue weighted by Crippen LogP contribution is -2.49. The van der Waals surface area contributed by atoms with Crippen molar-refractivity contribution in [3.05, 3.63) is 53.3 Å². The Morgan fingerprint density at radius 3 is 2.72 bits per heavy atom. The lowest BCUT2D eigenvalue weighted by Gasteiger charge is -2.38. The summed E-state index contributed by atoms with van der Waals surface area (Å²) in [6.45, 7) is 8.08. The molecule has 152 valence electrons. The molecule has 0 bridgehead atoms. The molecule has 0 N–H and O–H groups in total. The van der Waals surface area contributed by atoms with Gasteiger partial charge < -0.3 is 14.5 Å². The number of amides is 1. The number of ether oxygens (including phenoxy) is 1. The molecule has 4 nitrogen and oxygen atoms in total. The monoisotopic (exact) mass is 394 g/mol. The van der Waals surface area contributed by atoms with Crippen LogP contribution in [-0.4, -0.2) is 42.3 Å². The van der Waals surface area contributed by atoms with Crippen LogP contribution in [0.2, 0.25) is 0 Å². The van der Waals surface area contributed by atoms with Crippen molar-refractivity contribution in [1.82, 2.24) is 4.90 Å². The number of likely N-dealkylation sites (tertiary alicyclic amines) is 1. The van der Waals surface area contributed by atoms with Gasteiger partial charge in [-0.3, -0.25) is 0 Å².